The van der Waals surface area contributed by atoms with E-state index in [-0.39, 0.29) is 24.1 Å². The van der Waals surface area contributed by atoms with E-state index in [1.165, 1.54) is 0 Å². The van der Waals surface area contributed by atoms with Gasteiger partial charge >= 0.3 is 0 Å². The number of nitrogens with zero attached hydrogens (tertiary/aromatic N) is 1. The Hall–Kier alpha value is -2.62. The predicted molar refractivity (Wildman–Crippen MR) is 86.4 cm³/mol. The van der Waals surface area contributed by atoms with Crippen LogP contribution < -0.4 is 4.74 Å². The second kappa shape index (κ2) is 5.64. The summed E-state index contributed by atoms with van der Waals surface area (Å²) in [5.41, 5.74) is 1.87. The van der Waals surface area contributed by atoms with Gasteiger partial charge in [-0.25, -0.2) is 0 Å². The second-order valence-corrected chi connectivity index (χ2v) is 5.58. The molecule has 1 heterocycles. The number of rotatable bonds is 4. The normalized spacial score (nSPS) is 11.2. The monoisotopic (exact) mass is 297 g/mol. The number of hydrogen-bond donors (Lipinski definition) is 2. The topological polar surface area (TPSA) is 54.6 Å². The van der Waals surface area contributed by atoms with E-state index in [1.54, 1.807) is 24.3 Å². The first kappa shape index (κ1) is 14.3. The Labute approximate surface area is 129 Å². The van der Waals surface area contributed by atoms with Gasteiger partial charge in [0.15, 0.2) is 11.5 Å². The minimum absolute atomic E-state index is 0.110. The highest BCUT2D eigenvalue weighted by Crippen LogP contribution is 2.33. The van der Waals surface area contributed by atoms with E-state index in [9.17, 15) is 10.2 Å². The zero-order valence-corrected chi connectivity index (χ0v) is 12.7. The van der Waals surface area contributed by atoms with E-state index in [1.807, 2.05) is 24.4 Å². The second-order valence-electron chi connectivity index (χ2n) is 5.58. The number of hydrogen-bond acceptors (Lipinski definition) is 3. The molecule has 0 bridgehead atoms. The average Bonchev–Trinajstić information content (AvgIpc) is 2.87. The van der Waals surface area contributed by atoms with Crippen LogP contribution in [-0.4, -0.2) is 14.8 Å². The quantitative estimate of drug-likeness (QED) is 0.758. The molecule has 22 heavy (non-hydrogen) atoms. The number of para-hydroxylation sites is 2. The average molecular weight is 297 g/mol. The summed E-state index contributed by atoms with van der Waals surface area (Å²) in [5, 5.41) is 20.7. The van der Waals surface area contributed by atoms with Crippen molar-refractivity contribution >= 4 is 10.9 Å². The van der Waals surface area contributed by atoms with Gasteiger partial charge in [-0.3, -0.25) is 0 Å². The van der Waals surface area contributed by atoms with Crippen molar-refractivity contribution in [2.75, 3.05) is 0 Å². The first-order valence-corrected chi connectivity index (χ1v) is 7.30. The SMILES string of the molecule is CC(C)n1cc(COc2ccccc2O)c2c(O)cccc21. The molecule has 2 aromatic carbocycles. The van der Waals surface area contributed by atoms with Crippen molar-refractivity contribution in [1.29, 1.82) is 0 Å². The summed E-state index contributed by atoms with van der Waals surface area (Å²) in [4.78, 5) is 0. The predicted octanol–water partition coefficient (Wildman–Crippen LogP) is 4.21. The van der Waals surface area contributed by atoms with Crippen LogP contribution in [0.4, 0.5) is 0 Å². The van der Waals surface area contributed by atoms with Crippen LogP contribution >= 0.6 is 0 Å². The van der Waals surface area contributed by atoms with E-state index >= 15 is 0 Å². The van der Waals surface area contributed by atoms with Crippen LogP contribution in [0.15, 0.2) is 48.7 Å². The molecule has 0 spiro atoms. The van der Waals surface area contributed by atoms with Gasteiger partial charge in [-0.15, -0.1) is 0 Å². The summed E-state index contributed by atoms with van der Waals surface area (Å²) >= 11 is 0. The van der Waals surface area contributed by atoms with Crippen molar-refractivity contribution < 1.29 is 14.9 Å². The lowest BCUT2D eigenvalue weighted by atomic mass is 10.1. The third-order valence-corrected chi connectivity index (χ3v) is 3.72. The Kier molecular flexibility index (Phi) is 3.67. The Balaban J connectivity index is 1.99. The lowest BCUT2D eigenvalue weighted by Crippen LogP contribution is -1.98. The maximum absolute atomic E-state index is 10.2. The fourth-order valence-electron chi connectivity index (χ4n) is 2.65. The number of fused-ring (bicyclic) bond motifs is 1. The molecule has 0 unspecified atom stereocenters. The Morgan fingerprint density at radius 1 is 1.00 bits per heavy atom. The molecule has 0 aliphatic rings. The van der Waals surface area contributed by atoms with E-state index < -0.39 is 0 Å². The highest BCUT2D eigenvalue weighted by Gasteiger charge is 2.14. The van der Waals surface area contributed by atoms with Crippen molar-refractivity contribution in [2.45, 2.75) is 26.5 Å². The van der Waals surface area contributed by atoms with Crippen molar-refractivity contribution in [1.82, 2.24) is 4.57 Å². The van der Waals surface area contributed by atoms with Crippen LogP contribution in [0, 0.1) is 0 Å². The maximum atomic E-state index is 10.2. The largest absolute Gasteiger partial charge is 0.507 e. The molecule has 0 aliphatic heterocycles. The summed E-state index contributed by atoms with van der Waals surface area (Å²) < 4.78 is 7.81. The molecule has 0 atom stereocenters. The molecule has 0 saturated heterocycles. The third kappa shape index (κ3) is 2.48. The molecule has 3 rings (SSSR count). The van der Waals surface area contributed by atoms with Crippen LogP contribution in [-0.2, 0) is 6.61 Å². The molecule has 0 saturated carbocycles. The van der Waals surface area contributed by atoms with Crippen LogP contribution in [0.2, 0.25) is 0 Å². The van der Waals surface area contributed by atoms with E-state index in [0.29, 0.717) is 5.75 Å². The van der Waals surface area contributed by atoms with Crippen LogP contribution in [0.5, 0.6) is 17.2 Å². The summed E-state index contributed by atoms with van der Waals surface area (Å²) in [6, 6.07) is 12.6. The summed E-state index contributed by atoms with van der Waals surface area (Å²) in [6.45, 7) is 4.47. The number of benzene rings is 2. The van der Waals surface area contributed by atoms with Gasteiger partial charge in [0, 0.05) is 23.2 Å². The van der Waals surface area contributed by atoms with Crippen molar-refractivity contribution in [2.24, 2.45) is 0 Å². The van der Waals surface area contributed by atoms with Crippen molar-refractivity contribution in [3.8, 4) is 17.2 Å². The Morgan fingerprint density at radius 2 is 1.73 bits per heavy atom. The summed E-state index contributed by atoms with van der Waals surface area (Å²) in [7, 11) is 0. The number of aromatic nitrogens is 1. The van der Waals surface area contributed by atoms with Gasteiger partial charge in [-0.05, 0) is 38.1 Å². The molecule has 0 radical (unpaired) electrons. The lowest BCUT2D eigenvalue weighted by molar-refractivity contribution is 0.289. The molecular formula is C18H19NO3. The molecular weight excluding hydrogens is 278 g/mol. The van der Waals surface area contributed by atoms with Gasteiger partial charge in [-0.1, -0.05) is 18.2 Å². The van der Waals surface area contributed by atoms with Gasteiger partial charge in [0.05, 0.1) is 5.52 Å². The van der Waals surface area contributed by atoms with Gasteiger partial charge < -0.3 is 19.5 Å². The summed E-state index contributed by atoms with van der Waals surface area (Å²) in [6.07, 6.45) is 2.00. The molecule has 4 heteroatoms. The zero-order chi connectivity index (χ0) is 15.7. The Bertz CT molecular complexity index is 805. The first-order chi connectivity index (χ1) is 10.6. The van der Waals surface area contributed by atoms with E-state index in [4.69, 9.17) is 4.74 Å². The lowest BCUT2D eigenvalue weighted by Gasteiger charge is -2.08. The molecule has 4 nitrogen and oxygen atoms in total. The van der Waals surface area contributed by atoms with E-state index in [0.717, 1.165) is 16.5 Å². The maximum Gasteiger partial charge on any atom is 0.161 e. The fraction of sp³-hybridized carbons (Fsp3) is 0.222. The number of phenols is 2. The zero-order valence-electron chi connectivity index (χ0n) is 12.7. The smallest absolute Gasteiger partial charge is 0.161 e. The Morgan fingerprint density at radius 3 is 2.45 bits per heavy atom. The molecule has 2 N–H and O–H groups in total. The molecule has 3 aromatic rings. The minimum Gasteiger partial charge on any atom is -0.507 e. The molecule has 0 aliphatic carbocycles. The number of aromatic hydroxyl groups is 2. The third-order valence-electron chi connectivity index (χ3n) is 3.72. The first-order valence-electron chi connectivity index (χ1n) is 7.30. The van der Waals surface area contributed by atoms with Crippen molar-refractivity contribution in [3.63, 3.8) is 0 Å². The minimum atomic E-state index is 0.110. The van der Waals surface area contributed by atoms with Gasteiger partial charge in [0.1, 0.15) is 12.4 Å². The van der Waals surface area contributed by atoms with E-state index in [2.05, 4.69) is 18.4 Å². The standard InChI is InChI=1S/C18H19NO3/c1-12(2)19-10-13(18-14(19)6-5-8-16(18)21)11-22-17-9-4-3-7-15(17)20/h3-10,12,20-21H,11H2,1-2H3. The van der Waals surface area contributed by atoms with Crippen LogP contribution in [0.3, 0.4) is 0 Å². The highest BCUT2D eigenvalue weighted by atomic mass is 16.5. The molecule has 1 aromatic heterocycles. The number of phenolic OH excluding ortho intramolecular Hbond substituents is 2. The fourth-order valence-corrected chi connectivity index (χ4v) is 2.65. The van der Waals surface area contributed by atoms with Gasteiger partial charge in [-0.2, -0.15) is 0 Å². The molecule has 114 valence electrons. The number of ether oxygens (including phenoxy) is 1. The molecule has 0 amide bonds. The van der Waals surface area contributed by atoms with Crippen LogP contribution in [0.1, 0.15) is 25.5 Å². The highest BCUT2D eigenvalue weighted by molar-refractivity contribution is 5.89. The molecule has 0 fully saturated rings. The van der Waals surface area contributed by atoms with Gasteiger partial charge in [0.25, 0.3) is 0 Å². The van der Waals surface area contributed by atoms with Gasteiger partial charge in [0.2, 0.25) is 0 Å². The van der Waals surface area contributed by atoms with Crippen LogP contribution in [0.25, 0.3) is 10.9 Å². The van der Waals surface area contributed by atoms with Crippen molar-refractivity contribution in [3.05, 3.63) is 54.2 Å². The summed E-state index contributed by atoms with van der Waals surface area (Å²) in [5.74, 6) is 0.787.